The van der Waals surface area contributed by atoms with Crippen LogP contribution in [0, 0.1) is 13.8 Å². The van der Waals surface area contributed by atoms with E-state index in [0.29, 0.717) is 0 Å². The molecule has 10 rings (SSSR count). The summed E-state index contributed by atoms with van der Waals surface area (Å²) < 4.78 is 10.9. The Morgan fingerprint density at radius 3 is 1.76 bits per heavy atom. The first kappa shape index (κ1) is 27.6. The quantitative estimate of drug-likeness (QED) is 0.194. The summed E-state index contributed by atoms with van der Waals surface area (Å²) in [4.78, 5) is 10.2. The molecule has 0 radical (unpaired) electrons. The summed E-state index contributed by atoms with van der Waals surface area (Å²) in [6.45, 7) is 4.14. The Hall–Kier alpha value is -6.46. The molecule has 3 aromatic heterocycles. The standard InChI is InChI=1S/C44H30N4O/c1-27-45-39-26-42-40(25-41(39)47(27)32-18-21-34(29-11-5-3-6-12-29)37(23-32)30-13-7-4-8-14-30)46-28(2)48(42)33-19-22-43-38(24-33)36-20-17-31-15-9-10-16-35(31)44(36)49-43/h3-26H,1-2H3. The molecule has 0 bridgehead atoms. The molecule has 0 spiro atoms. The maximum Gasteiger partial charge on any atom is 0.143 e. The highest BCUT2D eigenvalue weighted by atomic mass is 16.3. The third kappa shape index (κ3) is 4.26. The Morgan fingerprint density at radius 2 is 1.06 bits per heavy atom. The van der Waals surface area contributed by atoms with Crippen molar-refractivity contribution in [1.29, 1.82) is 0 Å². The van der Waals surface area contributed by atoms with Gasteiger partial charge in [0.25, 0.3) is 0 Å². The minimum atomic E-state index is 0.877. The smallest absolute Gasteiger partial charge is 0.143 e. The highest BCUT2D eigenvalue weighted by Gasteiger charge is 2.19. The number of nitrogens with zero attached hydrogens (tertiary/aromatic N) is 4. The van der Waals surface area contributed by atoms with Crippen molar-refractivity contribution >= 4 is 54.8 Å². The number of furan rings is 1. The number of aromatic nitrogens is 4. The van der Waals surface area contributed by atoms with E-state index in [9.17, 15) is 0 Å². The molecule has 0 N–H and O–H groups in total. The predicted octanol–water partition coefficient (Wildman–Crippen LogP) is 11.4. The Kier molecular flexibility index (Phi) is 5.94. The molecule has 5 heteroatoms. The normalized spacial score (nSPS) is 11.9. The van der Waals surface area contributed by atoms with Gasteiger partial charge in [0.1, 0.15) is 22.8 Å². The molecule has 7 aromatic carbocycles. The van der Waals surface area contributed by atoms with Crippen LogP contribution in [0.25, 0.3) is 88.4 Å². The summed E-state index contributed by atoms with van der Waals surface area (Å²) in [6, 6.07) is 51.4. The lowest BCUT2D eigenvalue weighted by Crippen LogP contribution is -1.98. The van der Waals surface area contributed by atoms with Gasteiger partial charge in [-0.25, -0.2) is 9.97 Å². The van der Waals surface area contributed by atoms with Gasteiger partial charge in [-0.05, 0) is 90.0 Å². The van der Waals surface area contributed by atoms with Gasteiger partial charge in [-0.2, -0.15) is 0 Å². The third-order valence-electron chi connectivity index (χ3n) is 9.80. The number of imidazole rings is 2. The molecule has 0 unspecified atom stereocenters. The Morgan fingerprint density at radius 1 is 0.469 bits per heavy atom. The molecule has 0 saturated carbocycles. The minimum absolute atomic E-state index is 0.877. The predicted molar refractivity (Wildman–Crippen MR) is 201 cm³/mol. The van der Waals surface area contributed by atoms with Crippen LogP contribution in [0.3, 0.4) is 0 Å². The van der Waals surface area contributed by atoms with E-state index in [1.54, 1.807) is 0 Å². The second kappa shape index (κ2) is 10.5. The number of hydrogen-bond donors (Lipinski definition) is 0. The van der Waals surface area contributed by atoms with Gasteiger partial charge in [0.15, 0.2) is 0 Å². The van der Waals surface area contributed by atoms with Crippen molar-refractivity contribution in [3.8, 4) is 33.6 Å². The third-order valence-corrected chi connectivity index (χ3v) is 9.80. The summed E-state index contributed by atoms with van der Waals surface area (Å²) in [5, 5.41) is 4.50. The average Bonchev–Trinajstić information content (AvgIpc) is 3.79. The average molecular weight is 631 g/mol. The molecule has 0 aliphatic carbocycles. The number of fused-ring (bicyclic) bond motifs is 7. The van der Waals surface area contributed by atoms with E-state index in [0.717, 1.165) is 72.4 Å². The molecular weight excluding hydrogens is 601 g/mol. The second-order valence-corrected chi connectivity index (χ2v) is 12.7. The fraction of sp³-hybridized carbons (Fsp3) is 0.0455. The maximum absolute atomic E-state index is 6.40. The molecule has 0 aliphatic rings. The van der Waals surface area contributed by atoms with Crippen LogP contribution in [-0.4, -0.2) is 19.1 Å². The summed E-state index contributed by atoms with van der Waals surface area (Å²) in [7, 11) is 0. The van der Waals surface area contributed by atoms with Crippen LogP contribution >= 0.6 is 0 Å². The van der Waals surface area contributed by atoms with E-state index in [4.69, 9.17) is 14.4 Å². The zero-order valence-electron chi connectivity index (χ0n) is 27.1. The molecule has 3 heterocycles. The summed E-state index contributed by atoms with van der Waals surface area (Å²) in [6.07, 6.45) is 0. The van der Waals surface area contributed by atoms with E-state index in [1.165, 1.54) is 27.6 Å². The van der Waals surface area contributed by atoms with Gasteiger partial charge in [0.2, 0.25) is 0 Å². The highest BCUT2D eigenvalue weighted by Crippen LogP contribution is 2.38. The van der Waals surface area contributed by atoms with Crippen molar-refractivity contribution in [3.63, 3.8) is 0 Å². The van der Waals surface area contributed by atoms with Gasteiger partial charge in [-0.15, -0.1) is 0 Å². The van der Waals surface area contributed by atoms with Crippen LogP contribution in [0.5, 0.6) is 0 Å². The number of benzene rings is 7. The van der Waals surface area contributed by atoms with Crippen molar-refractivity contribution in [1.82, 2.24) is 19.1 Å². The molecule has 49 heavy (non-hydrogen) atoms. The van der Waals surface area contributed by atoms with Gasteiger partial charge in [-0.3, -0.25) is 9.13 Å². The van der Waals surface area contributed by atoms with Crippen LogP contribution in [-0.2, 0) is 0 Å². The first-order valence-corrected chi connectivity index (χ1v) is 16.6. The van der Waals surface area contributed by atoms with E-state index in [-0.39, 0.29) is 0 Å². The van der Waals surface area contributed by atoms with Crippen molar-refractivity contribution in [2.45, 2.75) is 13.8 Å². The minimum Gasteiger partial charge on any atom is -0.455 e. The Labute approximate surface area is 282 Å². The fourth-order valence-corrected chi connectivity index (χ4v) is 7.57. The molecule has 0 saturated heterocycles. The lowest BCUT2D eigenvalue weighted by Gasteiger charge is -2.15. The van der Waals surface area contributed by atoms with E-state index < -0.39 is 0 Å². The molecule has 10 aromatic rings. The van der Waals surface area contributed by atoms with Gasteiger partial charge in [0, 0.05) is 27.5 Å². The lowest BCUT2D eigenvalue weighted by molar-refractivity contribution is 0.672. The number of hydrogen-bond acceptors (Lipinski definition) is 3. The lowest BCUT2D eigenvalue weighted by atomic mass is 9.94. The summed E-state index contributed by atoms with van der Waals surface area (Å²) in [5.41, 5.74) is 12.6. The molecule has 0 amide bonds. The van der Waals surface area contributed by atoms with E-state index in [1.807, 2.05) is 0 Å². The topological polar surface area (TPSA) is 48.8 Å². The van der Waals surface area contributed by atoms with Crippen molar-refractivity contribution in [2.24, 2.45) is 0 Å². The van der Waals surface area contributed by atoms with Crippen LogP contribution in [0.1, 0.15) is 11.6 Å². The molecule has 0 atom stereocenters. The molecular formula is C44H30N4O. The van der Waals surface area contributed by atoms with Crippen LogP contribution < -0.4 is 0 Å². The molecule has 232 valence electrons. The summed E-state index contributed by atoms with van der Waals surface area (Å²) >= 11 is 0. The zero-order chi connectivity index (χ0) is 32.6. The highest BCUT2D eigenvalue weighted by molar-refractivity contribution is 6.15. The molecule has 0 fully saturated rings. The molecule has 0 aliphatic heterocycles. The van der Waals surface area contributed by atoms with Crippen molar-refractivity contribution in [2.75, 3.05) is 0 Å². The zero-order valence-corrected chi connectivity index (χ0v) is 27.1. The van der Waals surface area contributed by atoms with Gasteiger partial charge in [0.05, 0.1) is 22.1 Å². The number of aryl methyl sites for hydroxylation is 2. The number of rotatable bonds is 4. The van der Waals surface area contributed by atoms with Crippen LogP contribution in [0.4, 0.5) is 0 Å². The first-order valence-electron chi connectivity index (χ1n) is 16.6. The largest absolute Gasteiger partial charge is 0.455 e. The summed E-state index contributed by atoms with van der Waals surface area (Å²) in [5.74, 6) is 1.85. The van der Waals surface area contributed by atoms with Crippen LogP contribution in [0.15, 0.2) is 150 Å². The van der Waals surface area contributed by atoms with Gasteiger partial charge in [-0.1, -0.05) is 97.1 Å². The maximum atomic E-state index is 6.40. The Balaban J connectivity index is 1.13. The van der Waals surface area contributed by atoms with Gasteiger partial charge >= 0.3 is 0 Å². The molecule has 5 nitrogen and oxygen atoms in total. The van der Waals surface area contributed by atoms with Crippen molar-refractivity contribution < 1.29 is 4.42 Å². The second-order valence-electron chi connectivity index (χ2n) is 12.7. The Bertz CT molecular complexity index is 2890. The van der Waals surface area contributed by atoms with Crippen LogP contribution in [0.2, 0.25) is 0 Å². The van der Waals surface area contributed by atoms with Crippen molar-refractivity contribution in [3.05, 3.63) is 157 Å². The fourth-order valence-electron chi connectivity index (χ4n) is 7.57. The van der Waals surface area contributed by atoms with E-state index >= 15 is 0 Å². The van der Waals surface area contributed by atoms with Gasteiger partial charge < -0.3 is 4.42 Å². The first-order chi connectivity index (χ1) is 24.1. The SMILES string of the molecule is Cc1nc2cc3c(cc2n1-c1ccc(-c2ccccc2)c(-c2ccccc2)c1)nc(C)n3-c1ccc2oc3c4ccccc4ccc3c2c1. The monoisotopic (exact) mass is 630 g/mol. The van der Waals surface area contributed by atoms with E-state index in [2.05, 4.69) is 169 Å².